The van der Waals surface area contributed by atoms with E-state index in [0.717, 1.165) is 0 Å². The minimum Gasteiger partial charge on any atom is -0.114 e. The van der Waals surface area contributed by atoms with Crippen molar-refractivity contribution in [2.45, 2.75) is 0 Å². The highest BCUT2D eigenvalue weighted by Crippen LogP contribution is 2.17. The summed E-state index contributed by atoms with van der Waals surface area (Å²) in [6.45, 7) is 0. The van der Waals surface area contributed by atoms with Crippen molar-refractivity contribution in [3.63, 3.8) is 0 Å². The maximum Gasteiger partial charge on any atom is 0.0814 e. The molecule has 0 amide bonds. The van der Waals surface area contributed by atoms with Crippen LogP contribution in [0.4, 0.5) is 0 Å². The summed E-state index contributed by atoms with van der Waals surface area (Å²) < 4.78 is 0. The largest absolute Gasteiger partial charge is 0.114 e. The van der Waals surface area contributed by atoms with Crippen molar-refractivity contribution in [3.05, 3.63) is 60.7 Å². The number of hydrogen-bond donors (Lipinski definition) is 0. The molecule has 0 saturated heterocycles. The SMILES string of the molecule is B.Br.c1ccc(-c2ccccc2)cc1. The van der Waals surface area contributed by atoms with Gasteiger partial charge >= 0.3 is 0 Å². The summed E-state index contributed by atoms with van der Waals surface area (Å²) in [5.74, 6) is 0. The van der Waals surface area contributed by atoms with Crippen molar-refractivity contribution in [3.8, 4) is 11.1 Å². The molecule has 0 N–H and O–H groups in total. The predicted molar refractivity (Wildman–Crippen MR) is 72.1 cm³/mol. The Bertz CT molecular complexity index is 308. The number of hydrogen-bond acceptors (Lipinski definition) is 0. The third-order valence-electron chi connectivity index (χ3n) is 1.88. The summed E-state index contributed by atoms with van der Waals surface area (Å²) in [4.78, 5) is 0. The summed E-state index contributed by atoms with van der Waals surface area (Å²) >= 11 is 0. The molecule has 0 aromatic heterocycles. The molecule has 2 rings (SSSR count). The van der Waals surface area contributed by atoms with Gasteiger partial charge in [0.25, 0.3) is 0 Å². The monoisotopic (exact) mass is 248 g/mol. The third kappa shape index (κ3) is 3.04. The van der Waals surface area contributed by atoms with Crippen molar-refractivity contribution < 1.29 is 0 Å². The first-order valence-electron chi connectivity index (χ1n) is 4.07. The molecule has 14 heavy (non-hydrogen) atoms. The Kier molecular flexibility index (Phi) is 5.97. The van der Waals surface area contributed by atoms with Crippen LogP contribution < -0.4 is 0 Å². The molecular formula is C12H14BBr. The predicted octanol–water partition coefficient (Wildman–Crippen LogP) is 2.75. The van der Waals surface area contributed by atoms with Gasteiger partial charge in [0, 0.05) is 0 Å². The first kappa shape index (κ1) is 13.0. The first-order chi connectivity index (χ1) is 5.97. The van der Waals surface area contributed by atoms with Crippen molar-refractivity contribution >= 4 is 25.4 Å². The molecule has 2 aromatic carbocycles. The third-order valence-corrected chi connectivity index (χ3v) is 1.88. The first-order valence-corrected chi connectivity index (χ1v) is 4.07. The van der Waals surface area contributed by atoms with Gasteiger partial charge in [-0.3, -0.25) is 0 Å². The minimum absolute atomic E-state index is 0. The Balaban J connectivity index is 0.000000845. The summed E-state index contributed by atoms with van der Waals surface area (Å²) in [5, 5.41) is 0. The van der Waals surface area contributed by atoms with E-state index in [2.05, 4.69) is 48.5 Å². The van der Waals surface area contributed by atoms with Gasteiger partial charge in [0.1, 0.15) is 0 Å². The quantitative estimate of drug-likeness (QED) is 0.681. The Morgan fingerprint density at radius 2 is 0.786 bits per heavy atom. The molecule has 0 saturated carbocycles. The van der Waals surface area contributed by atoms with Crippen LogP contribution >= 0.6 is 17.0 Å². The molecule has 0 nitrogen and oxygen atoms in total. The zero-order valence-corrected chi connectivity index (χ0v) is 8.89. The number of halogens is 1. The second kappa shape index (κ2) is 6.44. The fourth-order valence-electron chi connectivity index (χ4n) is 1.26. The highest BCUT2D eigenvalue weighted by Gasteiger charge is 1.91. The number of benzene rings is 2. The molecule has 2 heteroatoms. The van der Waals surface area contributed by atoms with Gasteiger partial charge in [-0.05, 0) is 11.1 Å². The van der Waals surface area contributed by atoms with E-state index in [1.165, 1.54) is 11.1 Å². The average Bonchev–Trinajstić information content (AvgIpc) is 2.21. The second-order valence-electron chi connectivity index (χ2n) is 2.73. The maximum absolute atomic E-state index is 2.12. The fraction of sp³-hybridized carbons (Fsp3) is 0. The van der Waals surface area contributed by atoms with Crippen LogP contribution in [0.2, 0.25) is 0 Å². The molecule has 2 aromatic rings. The fourth-order valence-corrected chi connectivity index (χ4v) is 1.26. The van der Waals surface area contributed by atoms with Crippen molar-refractivity contribution in [1.82, 2.24) is 0 Å². The Morgan fingerprint density at radius 3 is 1.07 bits per heavy atom. The van der Waals surface area contributed by atoms with Crippen molar-refractivity contribution in [2.24, 2.45) is 0 Å². The van der Waals surface area contributed by atoms with E-state index < -0.39 is 0 Å². The topological polar surface area (TPSA) is 0 Å². The van der Waals surface area contributed by atoms with E-state index in [1.807, 2.05) is 12.1 Å². The van der Waals surface area contributed by atoms with Gasteiger partial charge in [0.2, 0.25) is 0 Å². The lowest BCUT2D eigenvalue weighted by Crippen LogP contribution is -1.73. The molecule has 0 unspecified atom stereocenters. The second-order valence-corrected chi connectivity index (χ2v) is 2.73. The van der Waals surface area contributed by atoms with Crippen molar-refractivity contribution in [2.75, 3.05) is 0 Å². The molecule has 0 atom stereocenters. The smallest absolute Gasteiger partial charge is 0.0814 e. The van der Waals surface area contributed by atoms with Gasteiger partial charge in [-0.15, -0.1) is 17.0 Å². The van der Waals surface area contributed by atoms with Gasteiger partial charge < -0.3 is 0 Å². The van der Waals surface area contributed by atoms with E-state index in [-0.39, 0.29) is 25.4 Å². The standard InChI is InChI=1S/C12H10.BH3.BrH/c1-3-7-11(8-4-1)12-9-5-2-6-10-12;;/h1-10H;1H3;1H. The Labute approximate surface area is 97.3 Å². The van der Waals surface area contributed by atoms with Crippen LogP contribution in [0.3, 0.4) is 0 Å². The Hall–Kier alpha value is -1.02. The molecule has 0 aliphatic carbocycles. The van der Waals surface area contributed by atoms with E-state index >= 15 is 0 Å². The van der Waals surface area contributed by atoms with Gasteiger partial charge in [-0.25, -0.2) is 0 Å². The molecule has 0 aliphatic heterocycles. The van der Waals surface area contributed by atoms with Gasteiger partial charge in [-0.1, -0.05) is 60.7 Å². The highest BCUT2D eigenvalue weighted by atomic mass is 79.9. The zero-order valence-electron chi connectivity index (χ0n) is 7.18. The Morgan fingerprint density at radius 1 is 0.500 bits per heavy atom. The summed E-state index contributed by atoms with van der Waals surface area (Å²) in [6, 6.07) is 20.8. The molecule has 0 bridgehead atoms. The van der Waals surface area contributed by atoms with Crippen LogP contribution in [0.5, 0.6) is 0 Å². The molecule has 0 fully saturated rings. The van der Waals surface area contributed by atoms with Crippen LogP contribution in [-0.4, -0.2) is 8.41 Å². The summed E-state index contributed by atoms with van der Waals surface area (Å²) in [6.07, 6.45) is 0. The molecular weight excluding hydrogens is 235 g/mol. The average molecular weight is 249 g/mol. The lowest BCUT2D eigenvalue weighted by molar-refractivity contribution is 1.62. The maximum atomic E-state index is 2.12. The van der Waals surface area contributed by atoms with Gasteiger partial charge in [-0.2, -0.15) is 0 Å². The van der Waals surface area contributed by atoms with Crippen LogP contribution in [0.15, 0.2) is 60.7 Å². The highest BCUT2D eigenvalue weighted by molar-refractivity contribution is 8.93. The van der Waals surface area contributed by atoms with Crippen molar-refractivity contribution in [1.29, 1.82) is 0 Å². The molecule has 0 spiro atoms. The summed E-state index contributed by atoms with van der Waals surface area (Å²) in [7, 11) is 0. The molecule has 0 heterocycles. The van der Waals surface area contributed by atoms with E-state index in [0.29, 0.717) is 0 Å². The lowest BCUT2D eigenvalue weighted by Gasteiger charge is -1.98. The van der Waals surface area contributed by atoms with Crippen LogP contribution in [0, 0.1) is 0 Å². The summed E-state index contributed by atoms with van der Waals surface area (Å²) in [5.41, 5.74) is 2.55. The minimum atomic E-state index is 0. The molecule has 0 radical (unpaired) electrons. The van der Waals surface area contributed by atoms with E-state index in [4.69, 9.17) is 0 Å². The molecule has 72 valence electrons. The normalized spacial score (nSPS) is 8.29. The van der Waals surface area contributed by atoms with Gasteiger partial charge in [0.15, 0.2) is 0 Å². The van der Waals surface area contributed by atoms with Crippen LogP contribution in [-0.2, 0) is 0 Å². The van der Waals surface area contributed by atoms with Crippen LogP contribution in [0.1, 0.15) is 0 Å². The lowest BCUT2D eigenvalue weighted by atomic mass is 10.1. The number of rotatable bonds is 1. The molecule has 0 aliphatic rings. The zero-order chi connectivity index (χ0) is 8.23. The van der Waals surface area contributed by atoms with Crippen LogP contribution in [0.25, 0.3) is 11.1 Å². The van der Waals surface area contributed by atoms with E-state index in [1.54, 1.807) is 0 Å². The van der Waals surface area contributed by atoms with E-state index in [9.17, 15) is 0 Å². The van der Waals surface area contributed by atoms with Gasteiger partial charge in [0.05, 0.1) is 8.41 Å².